The molecule has 4 heteroatoms. The summed E-state index contributed by atoms with van der Waals surface area (Å²) in [5.41, 5.74) is 2.98. The van der Waals surface area contributed by atoms with Crippen LogP contribution in [0.3, 0.4) is 0 Å². The summed E-state index contributed by atoms with van der Waals surface area (Å²) in [6.45, 7) is 2.65. The molecule has 0 aliphatic rings. The lowest BCUT2D eigenvalue weighted by atomic mass is 10.1. The predicted octanol–water partition coefficient (Wildman–Crippen LogP) is 4.05. The highest BCUT2D eigenvalue weighted by Crippen LogP contribution is 2.24. The van der Waals surface area contributed by atoms with Gasteiger partial charge in [0.05, 0.1) is 18.5 Å². The molecule has 0 spiro atoms. The molecule has 2 heterocycles. The van der Waals surface area contributed by atoms with Gasteiger partial charge in [0, 0.05) is 22.8 Å². The highest BCUT2D eigenvalue weighted by molar-refractivity contribution is 6.30. The van der Waals surface area contributed by atoms with Crippen LogP contribution in [0.5, 0.6) is 5.75 Å². The second-order valence-corrected chi connectivity index (χ2v) is 4.61. The molecule has 0 saturated heterocycles. The highest BCUT2D eigenvalue weighted by Gasteiger charge is 2.06. The molecule has 19 heavy (non-hydrogen) atoms. The van der Waals surface area contributed by atoms with E-state index in [0.29, 0.717) is 11.6 Å². The maximum Gasteiger partial charge on any atom is 0.138 e. The summed E-state index contributed by atoms with van der Waals surface area (Å²) in [7, 11) is 0. The van der Waals surface area contributed by atoms with Crippen molar-refractivity contribution >= 4 is 17.2 Å². The average molecular weight is 273 g/mol. The van der Waals surface area contributed by atoms with Crippen molar-refractivity contribution in [2.75, 3.05) is 6.61 Å². The van der Waals surface area contributed by atoms with E-state index < -0.39 is 0 Å². The molecule has 0 saturated carbocycles. The summed E-state index contributed by atoms with van der Waals surface area (Å²) in [6.07, 6.45) is 3.78. The molecule has 0 radical (unpaired) electrons. The van der Waals surface area contributed by atoms with Gasteiger partial charge in [-0.25, -0.2) is 4.98 Å². The summed E-state index contributed by atoms with van der Waals surface area (Å²) < 4.78 is 7.46. The Morgan fingerprint density at radius 2 is 2.00 bits per heavy atom. The van der Waals surface area contributed by atoms with Crippen LogP contribution in [0.25, 0.3) is 16.9 Å². The van der Waals surface area contributed by atoms with Crippen molar-refractivity contribution in [1.29, 1.82) is 0 Å². The predicted molar refractivity (Wildman–Crippen MR) is 76.8 cm³/mol. The second kappa shape index (κ2) is 4.94. The molecule has 96 valence electrons. The molecule has 0 aliphatic heterocycles. The molecular weight excluding hydrogens is 260 g/mol. The zero-order valence-corrected chi connectivity index (χ0v) is 11.3. The number of hydrogen-bond acceptors (Lipinski definition) is 2. The Hall–Kier alpha value is -2.00. The monoisotopic (exact) mass is 272 g/mol. The Kier molecular flexibility index (Phi) is 3.13. The third-order valence-corrected chi connectivity index (χ3v) is 3.17. The van der Waals surface area contributed by atoms with Gasteiger partial charge in [-0.1, -0.05) is 11.6 Å². The van der Waals surface area contributed by atoms with E-state index in [1.165, 1.54) is 0 Å². The number of ether oxygens (including phenoxy) is 1. The van der Waals surface area contributed by atoms with Gasteiger partial charge in [0.25, 0.3) is 0 Å². The van der Waals surface area contributed by atoms with E-state index in [-0.39, 0.29) is 0 Å². The van der Waals surface area contributed by atoms with Gasteiger partial charge < -0.3 is 4.74 Å². The third-order valence-electron chi connectivity index (χ3n) is 2.94. The fourth-order valence-electron chi connectivity index (χ4n) is 2.06. The van der Waals surface area contributed by atoms with Crippen molar-refractivity contribution in [3.8, 4) is 17.0 Å². The van der Waals surface area contributed by atoms with E-state index in [1.54, 1.807) is 0 Å². The van der Waals surface area contributed by atoms with Crippen molar-refractivity contribution in [3.05, 3.63) is 53.8 Å². The molecule has 2 aromatic heterocycles. The molecule has 0 fully saturated rings. The molecule has 3 nitrogen and oxygen atoms in total. The first kappa shape index (κ1) is 12.1. The Labute approximate surface area is 116 Å². The first-order valence-electron chi connectivity index (χ1n) is 6.14. The van der Waals surface area contributed by atoms with E-state index >= 15 is 0 Å². The minimum atomic E-state index is 0.674. The quantitative estimate of drug-likeness (QED) is 0.719. The average Bonchev–Trinajstić information content (AvgIpc) is 2.83. The second-order valence-electron chi connectivity index (χ2n) is 4.17. The number of nitrogens with zero attached hydrogens (tertiary/aromatic N) is 2. The van der Waals surface area contributed by atoms with E-state index in [0.717, 1.165) is 22.7 Å². The molecule has 0 atom stereocenters. The lowest BCUT2D eigenvalue weighted by molar-refractivity contribution is 0.340. The van der Waals surface area contributed by atoms with Crippen molar-refractivity contribution in [3.63, 3.8) is 0 Å². The number of pyridine rings is 1. The molecule has 0 N–H and O–H groups in total. The van der Waals surface area contributed by atoms with Crippen LogP contribution in [0.2, 0.25) is 5.02 Å². The molecule has 0 aliphatic carbocycles. The van der Waals surface area contributed by atoms with Crippen LogP contribution in [0.4, 0.5) is 0 Å². The van der Waals surface area contributed by atoms with Crippen molar-refractivity contribution in [2.45, 2.75) is 6.92 Å². The maximum absolute atomic E-state index is 5.96. The molecular formula is C15H13ClN2O. The van der Waals surface area contributed by atoms with Crippen molar-refractivity contribution in [1.82, 2.24) is 9.38 Å². The van der Waals surface area contributed by atoms with Crippen LogP contribution in [0.1, 0.15) is 6.92 Å². The van der Waals surface area contributed by atoms with Crippen molar-refractivity contribution in [2.24, 2.45) is 0 Å². The Morgan fingerprint density at radius 3 is 2.74 bits per heavy atom. The SMILES string of the molecule is CCOc1ccc(-c2cnc3cc(Cl)ccn23)cc1. The topological polar surface area (TPSA) is 26.5 Å². The summed E-state index contributed by atoms with van der Waals surface area (Å²) in [4.78, 5) is 4.36. The van der Waals surface area contributed by atoms with Gasteiger partial charge in [0.1, 0.15) is 11.4 Å². The summed E-state index contributed by atoms with van der Waals surface area (Å²) >= 11 is 5.96. The number of fused-ring (bicyclic) bond motifs is 1. The summed E-state index contributed by atoms with van der Waals surface area (Å²) in [5.74, 6) is 0.878. The zero-order valence-electron chi connectivity index (χ0n) is 10.5. The van der Waals surface area contributed by atoms with Gasteiger partial charge in [0.2, 0.25) is 0 Å². The van der Waals surface area contributed by atoms with E-state index in [1.807, 2.05) is 60.1 Å². The first-order chi connectivity index (χ1) is 9.28. The third kappa shape index (κ3) is 2.29. The smallest absolute Gasteiger partial charge is 0.138 e. The van der Waals surface area contributed by atoms with Crippen LogP contribution < -0.4 is 4.74 Å². The van der Waals surface area contributed by atoms with Gasteiger partial charge in [0.15, 0.2) is 0 Å². The number of rotatable bonds is 3. The fourth-order valence-corrected chi connectivity index (χ4v) is 2.21. The van der Waals surface area contributed by atoms with Crippen LogP contribution >= 0.6 is 11.6 Å². The molecule has 0 amide bonds. The van der Waals surface area contributed by atoms with Crippen LogP contribution in [0, 0.1) is 0 Å². The number of aromatic nitrogens is 2. The Balaban J connectivity index is 2.04. The number of benzene rings is 1. The standard InChI is InChI=1S/C15H13ClN2O/c1-2-19-13-5-3-11(4-6-13)14-10-17-15-9-12(16)7-8-18(14)15/h3-10H,2H2,1H3. The molecule has 3 rings (SSSR count). The Bertz CT molecular complexity index is 704. The molecule has 0 bridgehead atoms. The lowest BCUT2D eigenvalue weighted by Crippen LogP contribution is -1.91. The van der Waals surface area contributed by atoms with E-state index in [4.69, 9.17) is 16.3 Å². The normalized spacial score (nSPS) is 10.8. The Morgan fingerprint density at radius 1 is 1.21 bits per heavy atom. The first-order valence-corrected chi connectivity index (χ1v) is 6.51. The van der Waals surface area contributed by atoms with Gasteiger partial charge in [-0.05, 0) is 37.3 Å². The molecule has 0 unspecified atom stereocenters. The fraction of sp³-hybridized carbons (Fsp3) is 0.133. The molecule has 1 aromatic carbocycles. The van der Waals surface area contributed by atoms with Gasteiger partial charge in [-0.3, -0.25) is 4.40 Å². The van der Waals surface area contributed by atoms with E-state index in [2.05, 4.69) is 4.98 Å². The van der Waals surface area contributed by atoms with Gasteiger partial charge in [-0.15, -0.1) is 0 Å². The summed E-state index contributed by atoms with van der Waals surface area (Å²) in [5, 5.41) is 0.691. The maximum atomic E-state index is 5.96. The number of imidazole rings is 1. The highest BCUT2D eigenvalue weighted by atomic mass is 35.5. The van der Waals surface area contributed by atoms with Crippen LogP contribution in [-0.2, 0) is 0 Å². The minimum Gasteiger partial charge on any atom is -0.494 e. The van der Waals surface area contributed by atoms with Gasteiger partial charge >= 0.3 is 0 Å². The van der Waals surface area contributed by atoms with Crippen LogP contribution in [-0.4, -0.2) is 16.0 Å². The number of hydrogen-bond donors (Lipinski definition) is 0. The zero-order chi connectivity index (χ0) is 13.2. The lowest BCUT2D eigenvalue weighted by Gasteiger charge is -2.05. The minimum absolute atomic E-state index is 0.674. The van der Waals surface area contributed by atoms with Crippen LogP contribution in [0.15, 0.2) is 48.8 Å². The number of halogens is 1. The largest absolute Gasteiger partial charge is 0.494 e. The summed E-state index contributed by atoms with van der Waals surface area (Å²) in [6, 6.07) is 11.7. The van der Waals surface area contributed by atoms with Gasteiger partial charge in [-0.2, -0.15) is 0 Å². The molecule has 3 aromatic rings. The van der Waals surface area contributed by atoms with Crippen molar-refractivity contribution < 1.29 is 4.74 Å². The van der Waals surface area contributed by atoms with E-state index in [9.17, 15) is 0 Å².